The normalized spacial score (nSPS) is 15.6. The van der Waals surface area contributed by atoms with Crippen LogP contribution in [0.25, 0.3) is 0 Å². The number of carbonyl (C=O) groups excluding carboxylic acids is 2. The molecule has 7 heteroatoms. The van der Waals surface area contributed by atoms with Crippen molar-refractivity contribution < 1.29 is 19.1 Å². The molecule has 0 aliphatic carbocycles. The number of piperidine rings is 1. The first-order valence-corrected chi connectivity index (χ1v) is 9.89. The number of carbonyl (C=O) groups is 2. The van der Waals surface area contributed by atoms with Crippen LogP contribution in [0.5, 0.6) is 11.5 Å². The zero-order valence-electron chi connectivity index (χ0n) is 16.4. The summed E-state index contributed by atoms with van der Waals surface area (Å²) in [5, 5.41) is 0.589. The van der Waals surface area contributed by atoms with Gasteiger partial charge in [-0.1, -0.05) is 17.7 Å². The number of nitrogens with two attached hydrogens (primary N) is 1. The summed E-state index contributed by atoms with van der Waals surface area (Å²) in [7, 11) is 1.59. The number of benzene rings is 2. The molecule has 0 aromatic heterocycles. The lowest BCUT2D eigenvalue weighted by Gasteiger charge is -2.41. The standard InChI is InChI=1S/C22H25ClN2O4/c1-28-18-7-5-16(6-8-18)21(27)25-11-9-22(10-12-25,14-20(24)26)15-29-19-4-2-3-17(23)13-19/h2-8,13H,9-12,14-15H2,1H3,(H2,24,26). The SMILES string of the molecule is COc1ccc(C(=O)N2CCC(COc3cccc(Cl)c3)(CC(N)=O)CC2)cc1. The minimum absolute atomic E-state index is 0.0314. The highest BCUT2D eigenvalue weighted by molar-refractivity contribution is 6.30. The molecule has 0 spiro atoms. The molecule has 0 bridgehead atoms. The third-order valence-corrected chi connectivity index (χ3v) is 5.57. The quantitative estimate of drug-likeness (QED) is 0.748. The van der Waals surface area contributed by atoms with Gasteiger partial charge in [0.15, 0.2) is 0 Å². The molecule has 1 aliphatic heterocycles. The van der Waals surface area contributed by atoms with E-state index in [1.54, 1.807) is 48.4 Å². The second-order valence-electron chi connectivity index (χ2n) is 7.41. The van der Waals surface area contributed by atoms with Crippen LogP contribution in [0.4, 0.5) is 0 Å². The van der Waals surface area contributed by atoms with E-state index >= 15 is 0 Å². The van der Waals surface area contributed by atoms with E-state index in [9.17, 15) is 9.59 Å². The second kappa shape index (κ2) is 9.18. The number of ether oxygens (including phenoxy) is 2. The first-order valence-electron chi connectivity index (χ1n) is 9.51. The highest BCUT2D eigenvalue weighted by Gasteiger charge is 2.38. The van der Waals surface area contributed by atoms with Crippen LogP contribution < -0.4 is 15.2 Å². The van der Waals surface area contributed by atoms with Gasteiger partial charge in [0.25, 0.3) is 5.91 Å². The van der Waals surface area contributed by atoms with Crippen LogP contribution in [0.3, 0.4) is 0 Å². The number of amides is 2. The highest BCUT2D eigenvalue weighted by Crippen LogP contribution is 2.36. The van der Waals surface area contributed by atoms with Gasteiger partial charge in [-0.2, -0.15) is 0 Å². The Morgan fingerprint density at radius 3 is 2.38 bits per heavy atom. The van der Waals surface area contributed by atoms with Crippen molar-refractivity contribution in [3.63, 3.8) is 0 Å². The third-order valence-electron chi connectivity index (χ3n) is 5.34. The van der Waals surface area contributed by atoms with E-state index in [2.05, 4.69) is 0 Å². The Kier molecular flexibility index (Phi) is 6.64. The molecular formula is C22H25ClN2O4. The lowest BCUT2D eigenvalue weighted by molar-refractivity contribution is -0.121. The maximum absolute atomic E-state index is 12.8. The van der Waals surface area contributed by atoms with Crippen LogP contribution in [0.2, 0.25) is 5.02 Å². The lowest BCUT2D eigenvalue weighted by Crippen LogP contribution is -2.47. The predicted molar refractivity (Wildman–Crippen MR) is 111 cm³/mol. The summed E-state index contributed by atoms with van der Waals surface area (Å²) in [6.07, 6.45) is 1.49. The van der Waals surface area contributed by atoms with Crippen molar-refractivity contribution in [1.82, 2.24) is 4.90 Å². The summed E-state index contributed by atoms with van der Waals surface area (Å²) < 4.78 is 11.1. The first-order chi connectivity index (χ1) is 13.9. The summed E-state index contributed by atoms with van der Waals surface area (Å²) in [4.78, 5) is 26.3. The molecule has 1 aliphatic rings. The van der Waals surface area contributed by atoms with E-state index in [-0.39, 0.29) is 18.2 Å². The summed E-state index contributed by atoms with van der Waals surface area (Å²) in [5.74, 6) is 0.961. The minimum Gasteiger partial charge on any atom is -0.497 e. The fraction of sp³-hybridized carbons (Fsp3) is 0.364. The Bertz CT molecular complexity index is 861. The summed E-state index contributed by atoms with van der Waals surface area (Å²) in [5.41, 5.74) is 5.72. The Hall–Kier alpha value is -2.73. The van der Waals surface area contributed by atoms with Crippen LogP contribution in [0, 0.1) is 5.41 Å². The van der Waals surface area contributed by atoms with E-state index in [1.807, 2.05) is 12.1 Å². The molecule has 2 N–H and O–H groups in total. The number of methoxy groups -OCH3 is 1. The van der Waals surface area contributed by atoms with Gasteiger partial charge in [-0.25, -0.2) is 0 Å². The molecule has 1 heterocycles. The van der Waals surface area contributed by atoms with Crippen molar-refractivity contribution >= 4 is 23.4 Å². The Balaban J connectivity index is 1.65. The van der Waals surface area contributed by atoms with E-state index in [1.165, 1.54) is 0 Å². The van der Waals surface area contributed by atoms with E-state index in [4.69, 9.17) is 26.8 Å². The number of rotatable bonds is 7. The lowest BCUT2D eigenvalue weighted by atomic mass is 9.76. The Labute approximate surface area is 175 Å². The molecule has 0 saturated carbocycles. The monoisotopic (exact) mass is 416 g/mol. The van der Waals surface area contributed by atoms with Crippen molar-refractivity contribution in [2.24, 2.45) is 11.1 Å². The van der Waals surface area contributed by atoms with Crippen LogP contribution in [-0.4, -0.2) is 43.5 Å². The van der Waals surface area contributed by atoms with E-state index in [0.29, 0.717) is 54.6 Å². The Morgan fingerprint density at radius 2 is 1.79 bits per heavy atom. The van der Waals surface area contributed by atoms with Crippen molar-refractivity contribution in [3.8, 4) is 11.5 Å². The molecule has 0 radical (unpaired) electrons. The van der Waals surface area contributed by atoms with Gasteiger partial charge < -0.3 is 20.1 Å². The van der Waals surface area contributed by atoms with Gasteiger partial charge in [-0.3, -0.25) is 9.59 Å². The third kappa shape index (κ3) is 5.41. The first kappa shape index (κ1) is 21.0. The Morgan fingerprint density at radius 1 is 1.10 bits per heavy atom. The molecule has 0 unspecified atom stereocenters. The fourth-order valence-electron chi connectivity index (χ4n) is 3.64. The fourth-order valence-corrected chi connectivity index (χ4v) is 3.82. The average molecular weight is 417 g/mol. The van der Waals surface area contributed by atoms with Crippen LogP contribution in [-0.2, 0) is 4.79 Å². The highest BCUT2D eigenvalue weighted by atomic mass is 35.5. The molecule has 2 amide bonds. The number of hydrogen-bond donors (Lipinski definition) is 1. The van der Waals surface area contributed by atoms with Gasteiger partial charge in [0.05, 0.1) is 13.7 Å². The maximum Gasteiger partial charge on any atom is 0.253 e. The van der Waals surface area contributed by atoms with Gasteiger partial charge in [-0.05, 0) is 55.3 Å². The second-order valence-corrected chi connectivity index (χ2v) is 7.85. The molecule has 154 valence electrons. The van der Waals surface area contributed by atoms with Gasteiger partial charge in [0.2, 0.25) is 5.91 Å². The number of hydrogen-bond acceptors (Lipinski definition) is 4. The van der Waals surface area contributed by atoms with Crippen LogP contribution in [0.1, 0.15) is 29.6 Å². The largest absolute Gasteiger partial charge is 0.497 e. The van der Waals surface area contributed by atoms with Gasteiger partial charge >= 0.3 is 0 Å². The summed E-state index contributed by atoms with van der Waals surface area (Å²) in [6.45, 7) is 1.43. The molecule has 0 atom stereocenters. The van der Waals surface area contributed by atoms with Gasteiger partial charge in [0, 0.05) is 35.5 Å². The molecular weight excluding hydrogens is 392 g/mol. The van der Waals surface area contributed by atoms with E-state index < -0.39 is 5.41 Å². The molecule has 2 aromatic carbocycles. The molecule has 29 heavy (non-hydrogen) atoms. The van der Waals surface area contributed by atoms with Crippen molar-refractivity contribution in [2.75, 3.05) is 26.8 Å². The summed E-state index contributed by atoms with van der Waals surface area (Å²) in [6, 6.07) is 14.2. The van der Waals surface area contributed by atoms with Crippen molar-refractivity contribution in [3.05, 3.63) is 59.1 Å². The number of halogens is 1. The predicted octanol–water partition coefficient (Wildman–Crippen LogP) is 3.53. The molecule has 2 aromatic rings. The number of primary amides is 1. The maximum atomic E-state index is 12.8. The molecule has 3 rings (SSSR count). The zero-order valence-corrected chi connectivity index (χ0v) is 17.2. The number of nitrogens with zero attached hydrogens (tertiary/aromatic N) is 1. The van der Waals surface area contributed by atoms with Crippen molar-refractivity contribution in [2.45, 2.75) is 19.3 Å². The van der Waals surface area contributed by atoms with Crippen LogP contribution >= 0.6 is 11.6 Å². The molecule has 1 fully saturated rings. The molecule has 1 saturated heterocycles. The van der Waals surface area contributed by atoms with Gasteiger partial charge in [0.1, 0.15) is 11.5 Å². The van der Waals surface area contributed by atoms with Gasteiger partial charge in [-0.15, -0.1) is 0 Å². The zero-order chi connectivity index (χ0) is 20.9. The summed E-state index contributed by atoms with van der Waals surface area (Å²) >= 11 is 6.01. The molecule has 6 nitrogen and oxygen atoms in total. The van der Waals surface area contributed by atoms with Crippen molar-refractivity contribution in [1.29, 1.82) is 0 Å². The number of likely N-dealkylation sites (tertiary alicyclic amines) is 1. The van der Waals surface area contributed by atoms with Crippen LogP contribution in [0.15, 0.2) is 48.5 Å². The topological polar surface area (TPSA) is 81.9 Å². The van der Waals surface area contributed by atoms with E-state index in [0.717, 1.165) is 0 Å². The smallest absolute Gasteiger partial charge is 0.253 e. The minimum atomic E-state index is -0.398. The average Bonchev–Trinajstić information content (AvgIpc) is 2.72.